The highest BCUT2D eigenvalue weighted by Crippen LogP contribution is 2.16. The van der Waals surface area contributed by atoms with E-state index in [1.165, 1.54) is 12.5 Å². The minimum atomic E-state index is -0.789. The molecule has 0 spiro atoms. The summed E-state index contributed by atoms with van der Waals surface area (Å²) in [5.74, 6) is -0.0972. The number of amides is 2. The molecular formula is C33H39N3O5. The maximum Gasteiger partial charge on any atom is 0.408 e. The van der Waals surface area contributed by atoms with Crippen molar-refractivity contribution in [2.75, 3.05) is 32.7 Å². The number of carbonyl (C=O) groups excluding carboxylic acids is 3. The average molecular weight is 558 g/mol. The molecular weight excluding hydrogens is 518 g/mol. The number of rotatable bonds is 11. The number of nitrogens with one attached hydrogen (secondary N) is 1. The fourth-order valence-electron chi connectivity index (χ4n) is 4.99. The molecule has 8 heteroatoms. The van der Waals surface area contributed by atoms with Crippen molar-refractivity contribution in [1.82, 2.24) is 15.1 Å². The Balaban J connectivity index is 1.36. The second-order valence-corrected chi connectivity index (χ2v) is 10.3. The van der Waals surface area contributed by atoms with E-state index in [9.17, 15) is 14.4 Å². The van der Waals surface area contributed by atoms with E-state index in [1.54, 1.807) is 24.3 Å². The van der Waals surface area contributed by atoms with Crippen LogP contribution in [0.4, 0.5) is 4.79 Å². The molecule has 0 aliphatic carbocycles. The lowest BCUT2D eigenvalue weighted by Gasteiger charge is -2.27. The van der Waals surface area contributed by atoms with E-state index < -0.39 is 18.1 Å². The van der Waals surface area contributed by atoms with Crippen molar-refractivity contribution in [3.8, 4) is 5.75 Å². The Bertz CT molecular complexity index is 1250. The lowest BCUT2D eigenvalue weighted by atomic mass is 10.0. The summed E-state index contributed by atoms with van der Waals surface area (Å²) in [5.41, 5.74) is 3.04. The van der Waals surface area contributed by atoms with E-state index in [1.807, 2.05) is 41.3 Å². The van der Waals surface area contributed by atoms with Gasteiger partial charge in [0.15, 0.2) is 0 Å². The van der Waals surface area contributed by atoms with E-state index in [0.29, 0.717) is 18.8 Å². The van der Waals surface area contributed by atoms with Crippen LogP contribution in [0.15, 0.2) is 84.9 Å². The van der Waals surface area contributed by atoms with Gasteiger partial charge in [-0.1, -0.05) is 72.8 Å². The van der Waals surface area contributed by atoms with Crippen LogP contribution in [0.3, 0.4) is 0 Å². The van der Waals surface area contributed by atoms with Crippen LogP contribution in [-0.2, 0) is 33.8 Å². The van der Waals surface area contributed by atoms with Crippen LogP contribution >= 0.6 is 0 Å². The lowest BCUT2D eigenvalue weighted by Crippen LogP contribution is -2.50. The quantitative estimate of drug-likeness (QED) is 0.274. The molecule has 216 valence electrons. The second kappa shape index (κ2) is 15.6. The summed E-state index contributed by atoms with van der Waals surface area (Å²) < 4.78 is 10.6. The van der Waals surface area contributed by atoms with Crippen molar-refractivity contribution in [2.45, 2.75) is 45.3 Å². The predicted molar refractivity (Wildman–Crippen MR) is 157 cm³/mol. The minimum absolute atomic E-state index is 0.117. The van der Waals surface area contributed by atoms with Crippen LogP contribution in [-0.4, -0.2) is 66.5 Å². The Kier molecular flexibility index (Phi) is 11.3. The van der Waals surface area contributed by atoms with Gasteiger partial charge in [0.2, 0.25) is 5.91 Å². The number of hydrogen-bond donors (Lipinski definition) is 1. The largest absolute Gasteiger partial charge is 0.445 e. The van der Waals surface area contributed by atoms with Crippen LogP contribution in [0.25, 0.3) is 0 Å². The van der Waals surface area contributed by atoms with Gasteiger partial charge < -0.3 is 24.6 Å². The van der Waals surface area contributed by atoms with Gasteiger partial charge in [-0.25, -0.2) is 4.79 Å². The summed E-state index contributed by atoms with van der Waals surface area (Å²) >= 11 is 0. The summed E-state index contributed by atoms with van der Waals surface area (Å²) in [7, 11) is 0. The molecule has 1 N–H and O–H groups in total. The Labute approximate surface area is 242 Å². The van der Waals surface area contributed by atoms with Crippen molar-refractivity contribution >= 4 is 18.0 Å². The molecule has 4 rings (SSSR count). The number of alkyl carbamates (subject to hydrolysis) is 1. The highest BCUT2D eigenvalue weighted by Gasteiger charge is 2.28. The number of esters is 1. The maximum atomic E-state index is 13.8. The zero-order valence-corrected chi connectivity index (χ0v) is 23.7. The Morgan fingerprint density at radius 2 is 1.49 bits per heavy atom. The molecule has 1 aliphatic rings. The van der Waals surface area contributed by atoms with E-state index in [2.05, 4.69) is 34.5 Å². The number of nitrogens with zero attached hydrogens (tertiary/aromatic N) is 2. The number of aryl methyl sites for hydroxylation is 1. The van der Waals surface area contributed by atoms with Crippen molar-refractivity contribution in [3.63, 3.8) is 0 Å². The fourth-order valence-corrected chi connectivity index (χ4v) is 4.99. The lowest BCUT2D eigenvalue weighted by molar-refractivity contribution is -0.133. The summed E-state index contributed by atoms with van der Waals surface area (Å²) in [6, 6.07) is 26.1. The predicted octanol–water partition coefficient (Wildman–Crippen LogP) is 4.62. The highest BCUT2D eigenvalue weighted by atomic mass is 16.5. The molecule has 0 saturated carbocycles. The van der Waals surface area contributed by atoms with E-state index in [0.717, 1.165) is 50.0 Å². The number of hydrogen-bond acceptors (Lipinski definition) is 6. The van der Waals surface area contributed by atoms with Gasteiger partial charge in [-0.15, -0.1) is 0 Å². The molecule has 8 nitrogen and oxygen atoms in total. The highest BCUT2D eigenvalue weighted by molar-refractivity contribution is 5.86. The van der Waals surface area contributed by atoms with Crippen LogP contribution < -0.4 is 10.1 Å². The number of ether oxygens (including phenoxy) is 2. The molecule has 1 heterocycles. The first-order valence-corrected chi connectivity index (χ1v) is 14.3. The third kappa shape index (κ3) is 10.1. The number of benzene rings is 3. The molecule has 1 aliphatic heterocycles. The van der Waals surface area contributed by atoms with Crippen molar-refractivity contribution in [1.29, 1.82) is 0 Å². The first kappa shape index (κ1) is 29.8. The van der Waals surface area contributed by atoms with Crippen LogP contribution in [0.2, 0.25) is 0 Å². The summed E-state index contributed by atoms with van der Waals surface area (Å²) in [6.45, 7) is 5.42. The van der Waals surface area contributed by atoms with Gasteiger partial charge in [0.05, 0.1) is 0 Å². The summed E-state index contributed by atoms with van der Waals surface area (Å²) in [6.07, 6.45) is 2.63. The van der Waals surface area contributed by atoms with Crippen molar-refractivity contribution in [2.24, 2.45) is 0 Å². The summed E-state index contributed by atoms with van der Waals surface area (Å²) in [5, 5.41) is 2.81. The third-order valence-electron chi connectivity index (χ3n) is 7.11. The zero-order valence-electron chi connectivity index (χ0n) is 23.7. The molecule has 2 amide bonds. The van der Waals surface area contributed by atoms with E-state index in [4.69, 9.17) is 9.47 Å². The van der Waals surface area contributed by atoms with Crippen LogP contribution in [0.5, 0.6) is 5.75 Å². The van der Waals surface area contributed by atoms with Gasteiger partial charge in [-0.2, -0.15) is 0 Å². The molecule has 1 fully saturated rings. The average Bonchev–Trinajstić information content (AvgIpc) is 3.23. The second-order valence-electron chi connectivity index (χ2n) is 10.3. The Hall–Kier alpha value is -4.17. The van der Waals surface area contributed by atoms with Gasteiger partial charge in [-0.3, -0.25) is 9.59 Å². The molecule has 0 bridgehead atoms. The smallest absolute Gasteiger partial charge is 0.408 e. The maximum absolute atomic E-state index is 13.8. The Morgan fingerprint density at radius 3 is 2.17 bits per heavy atom. The molecule has 1 atom stereocenters. The van der Waals surface area contributed by atoms with Gasteiger partial charge in [0, 0.05) is 33.0 Å². The Morgan fingerprint density at radius 1 is 0.805 bits per heavy atom. The molecule has 1 saturated heterocycles. The molecule has 0 aromatic heterocycles. The minimum Gasteiger partial charge on any atom is -0.445 e. The molecule has 0 unspecified atom stereocenters. The zero-order chi connectivity index (χ0) is 28.9. The van der Waals surface area contributed by atoms with Crippen LogP contribution in [0, 0.1) is 0 Å². The monoisotopic (exact) mass is 557 g/mol. The standard InChI is InChI=1S/C33H39N3O5/c1-26(37)41-30-17-15-28(16-18-30)24-31(34-33(39)40-25-29-12-6-3-7-13-29)32(38)36-21-9-20-35(22-23-36)19-8-14-27-10-4-2-5-11-27/h2-7,10-13,15-18,31H,8-9,14,19-25H2,1H3,(H,34,39)/t31-/m0/s1. The van der Waals surface area contributed by atoms with Gasteiger partial charge in [0.1, 0.15) is 18.4 Å². The SMILES string of the molecule is CC(=O)Oc1ccc(C[C@H](NC(=O)OCc2ccccc2)C(=O)N2CCCN(CCCc3ccccc3)CC2)cc1. The van der Waals surface area contributed by atoms with E-state index >= 15 is 0 Å². The first-order valence-electron chi connectivity index (χ1n) is 14.3. The molecule has 3 aromatic rings. The first-order chi connectivity index (χ1) is 20.0. The van der Waals surface area contributed by atoms with Crippen molar-refractivity contribution < 1.29 is 23.9 Å². The van der Waals surface area contributed by atoms with Gasteiger partial charge >= 0.3 is 12.1 Å². The fraction of sp³-hybridized carbons (Fsp3) is 0.364. The normalized spacial score (nSPS) is 14.5. The van der Waals surface area contributed by atoms with Gasteiger partial charge in [0.25, 0.3) is 0 Å². The summed E-state index contributed by atoms with van der Waals surface area (Å²) in [4.78, 5) is 42.0. The number of carbonyl (C=O) groups is 3. The topological polar surface area (TPSA) is 88.2 Å². The molecule has 0 radical (unpaired) electrons. The van der Waals surface area contributed by atoms with E-state index in [-0.39, 0.29) is 18.9 Å². The van der Waals surface area contributed by atoms with Crippen molar-refractivity contribution in [3.05, 3.63) is 102 Å². The van der Waals surface area contributed by atoms with Gasteiger partial charge in [-0.05, 0) is 61.2 Å². The molecule has 3 aromatic carbocycles. The third-order valence-corrected chi connectivity index (χ3v) is 7.11. The van der Waals surface area contributed by atoms with Crippen LogP contribution in [0.1, 0.15) is 36.5 Å². The molecule has 41 heavy (non-hydrogen) atoms.